The molecule has 6 nitrogen and oxygen atoms in total. The first kappa shape index (κ1) is 20.3. The number of nitrogens with zero attached hydrogens (tertiary/aromatic N) is 4. The number of aromatic nitrogens is 2. The van der Waals surface area contributed by atoms with Gasteiger partial charge in [-0.3, -0.25) is 9.69 Å². The molecule has 0 bridgehead atoms. The quantitative estimate of drug-likeness (QED) is 0.613. The molecule has 0 spiro atoms. The molecule has 5 rings (SSSR count). The van der Waals surface area contributed by atoms with Crippen LogP contribution in [0.2, 0.25) is 0 Å². The van der Waals surface area contributed by atoms with Crippen LogP contribution < -0.4 is 4.74 Å². The minimum Gasteiger partial charge on any atom is -0.473 e. The van der Waals surface area contributed by atoms with E-state index in [2.05, 4.69) is 21.8 Å². The Bertz CT molecular complexity index is 1160. The number of halogens is 1. The normalized spacial score (nSPS) is 21.1. The third-order valence-electron chi connectivity index (χ3n) is 6.22. The molecule has 2 aliphatic heterocycles. The Morgan fingerprint density at radius 1 is 1.29 bits per heavy atom. The van der Waals surface area contributed by atoms with Crippen molar-refractivity contribution in [2.45, 2.75) is 59.0 Å². The second-order valence-electron chi connectivity index (χ2n) is 8.56. The van der Waals surface area contributed by atoms with E-state index in [4.69, 9.17) is 4.74 Å². The van der Waals surface area contributed by atoms with Crippen molar-refractivity contribution in [2.24, 2.45) is 0 Å². The molecule has 2 aromatic heterocycles. The molecule has 0 N–H and O–H groups in total. The molecule has 0 aliphatic carbocycles. The van der Waals surface area contributed by atoms with Gasteiger partial charge in [0.25, 0.3) is 0 Å². The number of benzene rings is 1. The predicted molar refractivity (Wildman–Crippen MR) is 117 cm³/mol. The number of carbonyl (C=O) groups excluding carboxylic acids is 1. The number of hydrogen-bond donors (Lipinski definition) is 0. The molecule has 31 heavy (non-hydrogen) atoms. The molecule has 4 heterocycles. The van der Waals surface area contributed by atoms with Crippen LogP contribution in [0.15, 0.2) is 24.4 Å². The van der Waals surface area contributed by atoms with Crippen LogP contribution in [0.1, 0.15) is 42.0 Å². The van der Waals surface area contributed by atoms with Crippen molar-refractivity contribution >= 4 is 27.5 Å². The highest BCUT2D eigenvalue weighted by Crippen LogP contribution is 2.30. The lowest BCUT2D eigenvalue weighted by atomic mass is 10.1. The number of ether oxygens (including phenoxy) is 1. The van der Waals surface area contributed by atoms with E-state index in [-0.39, 0.29) is 23.9 Å². The van der Waals surface area contributed by atoms with Crippen molar-refractivity contribution in [1.29, 1.82) is 0 Å². The number of amides is 1. The molecule has 1 saturated heterocycles. The molecule has 0 radical (unpaired) electrons. The number of likely N-dealkylation sites (tertiary alicyclic amines) is 1. The number of pyridine rings is 1. The third kappa shape index (κ3) is 4.02. The fraction of sp³-hybridized carbons (Fsp3) is 0.435. The van der Waals surface area contributed by atoms with Crippen LogP contribution in [-0.4, -0.2) is 44.4 Å². The maximum absolute atomic E-state index is 14.7. The number of thiazole rings is 1. The number of fused-ring (bicyclic) bond motifs is 2. The average molecular weight is 441 g/mol. The Balaban J connectivity index is 1.26. The lowest BCUT2D eigenvalue weighted by Crippen LogP contribution is -2.28. The lowest BCUT2D eigenvalue weighted by molar-refractivity contribution is -0.129. The van der Waals surface area contributed by atoms with Gasteiger partial charge < -0.3 is 9.64 Å². The van der Waals surface area contributed by atoms with Gasteiger partial charge in [0.2, 0.25) is 11.8 Å². The van der Waals surface area contributed by atoms with Crippen LogP contribution >= 0.6 is 11.3 Å². The van der Waals surface area contributed by atoms with Crippen LogP contribution in [0.25, 0.3) is 10.2 Å². The van der Waals surface area contributed by atoms with Crippen molar-refractivity contribution in [3.05, 3.63) is 51.9 Å². The monoisotopic (exact) mass is 440 g/mol. The molecule has 8 heteroatoms. The molecule has 0 unspecified atom stereocenters. The van der Waals surface area contributed by atoms with Gasteiger partial charge in [0.15, 0.2) is 0 Å². The zero-order valence-electron chi connectivity index (χ0n) is 17.9. The molecule has 0 saturated carbocycles. The Hall–Kier alpha value is -2.58. The highest BCUT2D eigenvalue weighted by atomic mass is 32.1. The number of rotatable bonds is 4. The summed E-state index contributed by atoms with van der Waals surface area (Å²) >= 11 is 1.52. The average Bonchev–Trinajstić information content (AvgIpc) is 3.38. The van der Waals surface area contributed by atoms with Crippen LogP contribution in [-0.2, 0) is 24.4 Å². The maximum Gasteiger partial charge on any atom is 0.220 e. The third-order valence-corrected chi connectivity index (χ3v) is 7.15. The summed E-state index contributed by atoms with van der Waals surface area (Å²) in [6.45, 7) is 8.14. The highest BCUT2D eigenvalue weighted by molar-refractivity contribution is 7.18. The van der Waals surface area contributed by atoms with E-state index in [9.17, 15) is 9.18 Å². The molecule has 1 fully saturated rings. The second kappa shape index (κ2) is 7.84. The molecular weight excluding hydrogens is 415 g/mol. The smallest absolute Gasteiger partial charge is 0.220 e. The minimum atomic E-state index is -0.178. The zero-order chi connectivity index (χ0) is 21.7. The predicted octanol–water partition coefficient (Wildman–Crippen LogP) is 4.04. The van der Waals surface area contributed by atoms with E-state index in [1.807, 2.05) is 25.3 Å². The van der Waals surface area contributed by atoms with Crippen molar-refractivity contribution in [3.63, 3.8) is 0 Å². The van der Waals surface area contributed by atoms with Crippen LogP contribution in [0.5, 0.6) is 5.88 Å². The van der Waals surface area contributed by atoms with E-state index >= 15 is 0 Å². The maximum atomic E-state index is 14.7. The summed E-state index contributed by atoms with van der Waals surface area (Å²) in [4.78, 5) is 24.6. The highest BCUT2D eigenvalue weighted by Gasteiger charge is 2.32. The van der Waals surface area contributed by atoms with Gasteiger partial charge in [-0.25, -0.2) is 14.4 Å². The lowest BCUT2D eigenvalue weighted by Gasteiger charge is -2.21. The van der Waals surface area contributed by atoms with Crippen molar-refractivity contribution in [1.82, 2.24) is 19.8 Å². The van der Waals surface area contributed by atoms with Gasteiger partial charge in [0.05, 0.1) is 15.2 Å². The molecule has 1 aromatic carbocycles. The first-order chi connectivity index (χ1) is 14.9. The Morgan fingerprint density at radius 2 is 2.10 bits per heavy atom. The standard InChI is InChI=1S/C23H25FN4O2S/c1-13-4-19(30-23-6-16-9-28(15(3)29)11-18(16)8-25-23)12-27(13)10-17-5-21-22(7-20(17)24)31-14(2)26-21/h5-8,13,19H,4,9-12H2,1-3H3/t13-,19+/m1/s1. The van der Waals surface area contributed by atoms with Crippen molar-refractivity contribution in [3.8, 4) is 5.88 Å². The van der Waals surface area contributed by atoms with E-state index in [0.29, 0.717) is 37.6 Å². The zero-order valence-corrected chi connectivity index (χ0v) is 18.7. The van der Waals surface area contributed by atoms with E-state index in [1.165, 1.54) is 11.3 Å². The fourth-order valence-corrected chi connectivity index (χ4v) is 5.35. The topological polar surface area (TPSA) is 58.6 Å². The van der Waals surface area contributed by atoms with Gasteiger partial charge in [-0.2, -0.15) is 0 Å². The van der Waals surface area contributed by atoms with Gasteiger partial charge in [0.1, 0.15) is 11.9 Å². The molecule has 2 aliphatic rings. The summed E-state index contributed by atoms with van der Waals surface area (Å²) in [7, 11) is 0. The van der Waals surface area contributed by atoms with E-state index in [1.54, 1.807) is 17.9 Å². The van der Waals surface area contributed by atoms with Crippen molar-refractivity contribution < 1.29 is 13.9 Å². The van der Waals surface area contributed by atoms with E-state index < -0.39 is 0 Å². The number of carbonyl (C=O) groups is 1. The fourth-order valence-electron chi connectivity index (χ4n) is 4.52. The van der Waals surface area contributed by atoms with Gasteiger partial charge in [-0.15, -0.1) is 11.3 Å². The second-order valence-corrected chi connectivity index (χ2v) is 9.80. The molecule has 3 aromatic rings. The summed E-state index contributed by atoms with van der Waals surface area (Å²) < 4.78 is 21.7. The first-order valence-electron chi connectivity index (χ1n) is 10.6. The summed E-state index contributed by atoms with van der Waals surface area (Å²) in [6.07, 6.45) is 2.67. The number of aryl methyl sites for hydroxylation is 1. The molecular formula is C23H25FN4O2S. The minimum absolute atomic E-state index is 0.000766. The summed E-state index contributed by atoms with van der Waals surface area (Å²) in [6, 6.07) is 5.70. The largest absolute Gasteiger partial charge is 0.473 e. The number of hydrogen-bond acceptors (Lipinski definition) is 6. The summed E-state index contributed by atoms with van der Waals surface area (Å²) in [5, 5.41) is 0.947. The first-order valence-corrected chi connectivity index (χ1v) is 11.4. The Morgan fingerprint density at radius 3 is 2.90 bits per heavy atom. The van der Waals surface area contributed by atoms with Gasteiger partial charge >= 0.3 is 0 Å². The van der Waals surface area contributed by atoms with Crippen LogP contribution in [0, 0.1) is 12.7 Å². The van der Waals surface area contributed by atoms with Crippen LogP contribution in [0.4, 0.5) is 4.39 Å². The molecule has 2 atom stereocenters. The van der Waals surface area contributed by atoms with Gasteiger partial charge in [0, 0.05) is 63.4 Å². The van der Waals surface area contributed by atoms with Gasteiger partial charge in [-0.1, -0.05) is 0 Å². The van der Waals surface area contributed by atoms with E-state index in [0.717, 1.165) is 32.8 Å². The Labute approximate surface area is 184 Å². The summed E-state index contributed by atoms with van der Waals surface area (Å²) in [5.74, 6) is 0.481. The summed E-state index contributed by atoms with van der Waals surface area (Å²) in [5.41, 5.74) is 3.70. The molecule has 162 valence electrons. The van der Waals surface area contributed by atoms with Crippen LogP contribution in [0.3, 0.4) is 0 Å². The van der Waals surface area contributed by atoms with Gasteiger partial charge in [-0.05, 0) is 37.1 Å². The SMILES string of the molecule is CC(=O)N1Cc2cnc(O[C@H]3C[C@@H](C)N(Cc4cc5nc(C)sc5cc4F)C3)cc2C1. The Kier molecular flexibility index (Phi) is 5.14. The van der Waals surface area contributed by atoms with Crippen molar-refractivity contribution in [2.75, 3.05) is 6.54 Å². The molecule has 1 amide bonds.